The normalized spacial score (nSPS) is 17.7. The number of benzene rings is 2. The van der Waals surface area contributed by atoms with E-state index < -0.39 is 5.54 Å². The number of hydrogen-bond donors (Lipinski definition) is 2. The van der Waals surface area contributed by atoms with Gasteiger partial charge in [-0.3, -0.25) is 9.59 Å². The van der Waals surface area contributed by atoms with Gasteiger partial charge in [-0.25, -0.2) is 4.79 Å². The smallest absolute Gasteiger partial charge is 0.321 e. The highest BCUT2D eigenvalue weighted by molar-refractivity contribution is 5.97. The average molecular weight is 506 g/mol. The van der Waals surface area contributed by atoms with E-state index in [-0.39, 0.29) is 24.4 Å². The highest BCUT2D eigenvalue weighted by atomic mass is 16.2. The van der Waals surface area contributed by atoms with Crippen molar-refractivity contribution in [1.82, 2.24) is 15.1 Å². The summed E-state index contributed by atoms with van der Waals surface area (Å²) in [4.78, 5) is 45.1. The fourth-order valence-electron chi connectivity index (χ4n) is 5.14. The number of hydrogen-bond acceptors (Lipinski definition) is 4. The molecule has 2 aromatic rings. The molecule has 198 valence electrons. The van der Waals surface area contributed by atoms with Crippen LogP contribution in [0.2, 0.25) is 0 Å². The summed E-state index contributed by atoms with van der Waals surface area (Å²) < 4.78 is 0. The van der Waals surface area contributed by atoms with Crippen LogP contribution < -0.4 is 15.5 Å². The third-order valence-electron chi connectivity index (χ3n) is 7.99. The first-order valence-corrected chi connectivity index (χ1v) is 13.3. The molecule has 1 spiro atoms. The van der Waals surface area contributed by atoms with E-state index in [0.29, 0.717) is 45.1 Å². The van der Waals surface area contributed by atoms with Crippen molar-refractivity contribution >= 4 is 29.2 Å². The standard InChI is InChI=1S/C29H39N5O3/c1-5-21(2)18-30-26(35)19-33-20-34(24-11-7-6-8-12-24)29(27(33)36)14-16-32(17-15-29)28(37)31-25-13-9-10-22(3)23(25)4/h6-13,21H,5,14-20H2,1-4H3,(H,30,35)(H,31,37). The SMILES string of the molecule is CCC(C)CNC(=O)CN1CN(c2ccccc2)C2(CCN(C(=O)Nc3cccc(C)c3C)CC2)C1=O. The summed E-state index contributed by atoms with van der Waals surface area (Å²) in [6.45, 7) is 10.1. The first-order chi connectivity index (χ1) is 17.7. The lowest BCUT2D eigenvalue weighted by atomic mass is 9.85. The summed E-state index contributed by atoms with van der Waals surface area (Å²) in [7, 11) is 0. The van der Waals surface area contributed by atoms with Crippen molar-refractivity contribution in [2.75, 3.05) is 43.1 Å². The van der Waals surface area contributed by atoms with Crippen LogP contribution in [-0.2, 0) is 9.59 Å². The van der Waals surface area contributed by atoms with Crippen LogP contribution in [0.4, 0.5) is 16.2 Å². The predicted octanol–water partition coefficient (Wildman–Crippen LogP) is 4.14. The van der Waals surface area contributed by atoms with Gasteiger partial charge in [-0.1, -0.05) is 50.6 Å². The number of anilines is 2. The number of urea groups is 1. The lowest BCUT2D eigenvalue weighted by Gasteiger charge is -2.43. The van der Waals surface area contributed by atoms with Gasteiger partial charge in [0, 0.05) is 31.0 Å². The second-order valence-electron chi connectivity index (χ2n) is 10.4. The molecule has 0 radical (unpaired) electrons. The Balaban J connectivity index is 1.47. The van der Waals surface area contributed by atoms with Crippen molar-refractivity contribution in [3.63, 3.8) is 0 Å². The maximum Gasteiger partial charge on any atom is 0.321 e. The maximum atomic E-state index is 13.8. The summed E-state index contributed by atoms with van der Waals surface area (Å²) in [6, 6.07) is 15.6. The zero-order valence-corrected chi connectivity index (χ0v) is 22.4. The molecule has 0 bridgehead atoms. The quantitative estimate of drug-likeness (QED) is 0.592. The molecule has 2 aliphatic rings. The minimum absolute atomic E-state index is 0.0374. The van der Waals surface area contributed by atoms with Crippen LogP contribution >= 0.6 is 0 Å². The number of nitrogens with zero attached hydrogens (tertiary/aromatic N) is 3. The molecule has 2 saturated heterocycles. The summed E-state index contributed by atoms with van der Waals surface area (Å²) in [5, 5.41) is 6.01. The third kappa shape index (κ3) is 5.58. The van der Waals surface area contributed by atoms with E-state index in [2.05, 4.69) is 29.4 Å². The van der Waals surface area contributed by atoms with Gasteiger partial charge >= 0.3 is 6.03 Å². The molecular weight excluding hydrogens is 466 g/mol. The number of piperidine rings is 1. The minimum atomic E-state index is -0.769. The second kappa shape index (κ2) is 11.2. The Kier molecular flexibility index (Phi) is 8.05. The number of carbonyl (C=O) groups is 3. The van der Waals surface area contributed by atoms with Gasteiger partial charge in [-0.2, -0.15) is 0 Å². The maximum absolute atomic E-state index is 13.8. The Morgan fingerprint density at radius 1 is 1.03 bits per heavy atom. The number of nitrogens with one attached hydrogen (secondary N) is 2. The van der Waals surface area contributed by atoms with Crippen molar-refractivity contribution in [2.24, 2.45) is 5.92 Å². The highest BCUT2D eigenvalue weighted by Gasteiger charge is 2.54. The number of aryl methyl sites for hydroxylation is 1. The van der Waals surface area contributed by atoms with Crippen molar-refractivity contribution in [3.05, 3.63) is 59.7 Å². The van der Waals surface area contributed by atoms with Crippen LogP contribution in [-0.4, -0.2) is 66.0 Å². The molecule has 1 atom stereocenters. The summed E-state index contributed by atoms with van der Waals surface area (Å²) in [6.07, 6.45) is 2.00. The van der Waals surface area contributed by atoms with Crippen LogP contribution in [0.1, 0.15) is 44.2 Å². The van der Waals surface area contributed by atoms with E-state index in [1.807, 2.05) is 62.4 Å². The number of carbonyl (C=O) groups excluding carboxylic acids is 3. The van der Waals surface area contributed by atoms with E-state index in [1.165, 1.54) is 0 Å². The average Bonchev–Trinajstić information content (AvgIpc) is 3.16. The van der Waals surface area contributed by atoms with E-state index in [1.54, 1.807) is 9.80 Å². The molecule has 1 unspecified atom stereocenters. The van der Waals surface area contributed by atoms with Gasteiger partial charge in [0.15, 0.2) is 0 Å². The van der Waals surface area contributed by atoms with Crippen LogP contribution in [0.3, 0.4) is 0 Å². The molecule has 2 fully saturated rings. The largest absolute Gasteiger partial charge is 0.354 e. The molecule has 4 rings (SSSR count). The lowest BCUT2D eigenvalue weighted by molar-refractivity contribution is -0.137. The highest BCUT2D eigenvalue weighted by Crippen LogP contribution is 2.39. The van der Waals surface area contributed by atoms with Crippen LogP contribution in [0.25, 0.3) is 0 Å². The molecule has 4 amide bonds. The molecule has 2 heterocycles. The van der Waals surface area contributed by atoms with E-state index >= 15 is 0 Å². The Morgan fingerprint density at radius 2 is 1.73 bits per heavy atom. The zero-order valence-electron chi connectivity index (χ0n) is 22.4. The number of rotatable bonds is 7. The van der Waals surface area contributed by atoms with Crippen molar-refractivity contribution in [3.8, 4) is 0 Å². The van der Waals surface area contributed by atoms with Crippen LogP contribution in [0, 0.1) is 19.8 Å². The molecule has 8 nitrogen and oxygen atoms in total. The van der Waals surface area contributed by atoms with E-state index in [9.17, 15) is 14.4 Å². The Labute approximate surface area is 220 Å². The molecule has 2 aromatic carbocycles. The summed E-state index contributed by atoms with van der Waals surface area (Å²) >= 11 is 0. The minimum Gasteiger partial charge on any atom is -0.354 e. The van der Waals surface area contributed by atoms with Gasteiger partial charge < -0.3 is 25.3 Å². The Hall–Kier alpha value is -3.55. The molecule has 0 aliphatic carbocycles. The van der Waals surface area contributed by atoms with Gasteiger partial charge in [0.25, 0.3) is 5.91 Å². The van der Waals surface area contributed by atoms with E-state index in [0.717, 1.165) is 28.9 Å². The third-order valence-corrected chi connectivity index (χ3v) is 7.99. The lowest BCUT2D eigenvalue weighted by Crippen LogP contribution is -2.58. The van der Waals surface area contributed by atoms with Crippen LogP contribution in [0.15, 0.2) is 48.5 Å². The van der Waals surface area contributed by atoms with Gasteiger partial charge in [-0.15, -0.1) is 0 Å². The van der Waals surface area contributed by atoms with Crippen LogP contribution in [0.5, 0.6) is 0 Å². The summed E-state index contributed by atoms with van der Waals surface area (Å²) in [5.41, 5.74) is 3.16. The Bertz CT molecular complexity index is 1130. The van der Waals surface area contributed by atoms with Gasteiger partial charge in [0.1, 0.15) is 12.1 Å². The number of amides is 4. The van der Waals surface area contributed by atoms with Crippen molar-refractivity contribution < 1.29 is 14.4 Å². The second-order valence-corrected chi connectivity index (χ2v) is 10.4. The molecule has 2 aliphatic heterocycles. The first-order valence-electron chi connectivity index (χ1n) is 13.3. The van der Waals surface area contributed by atoms with Gasteiger partial charge in [0.2, 0.25) is 5.91 Å². The number of para-hydroxylation sites is 1. The number of likely N-dealkylation sites (tertiary alicyclic amines) is 1. The monoisotopic (exact) mass is 505 g/mol. The molecule has 0 aromatic heterocycles. The van der Waals surface area contributed by atoms with Gasteiger partial charge in [-0.05, 0) is 61.9 Å². The first kappa shape index (κ1) is 26.5. The predicted molar refractivity (Wildman–Crippen MR) is 146 cm³/mol. The van der Waals surface area contributed by atoms with E-state index in [4.69, 9.17) is 0 Å². The fourth-order valence-corrected chi connectivity index (χ4v) is 5.14. The van der Waals surface area contributed by atoms with Gasteiger partial charge in [0.05, 0.1) is 6.67 Å². The topological polar surface area (TPSA) is 85.0 Å². The zero-order chi connectivity index (χ0) is 26.6. The molecule has 2 N–H and O–H groups in total. The molecular formula is C29H39N5O3. The molecule has 37 heavy (non-hydrogen) atoms. The van der Waals surface area contributed by atoms with Crippen molar-refractivity contribution in [1.29, 1.82) is 0 Å². The van der Waals surface area contributed by atoms with Crippen molar-refractivity contribution in [2.45, 2.75) is 52.5 Å². The molecule has 0 saturated carbocycles. The fraction of sp³-hybridized carbons (Fsp3) is 0.483. The molecule has 8 heteroatoms. The Morgan fingerprint density at radius 3 is 2.41 bits per heavy atom. The summed E-state index contributed by atoms with van der Waals surface area (Å²) in [5.74, 6) is 0.220.